The summed E-state index contributed by atoms with van der Waals surface area (Å²) in [6.07, 6.45) is 6.85. The molecule has 8 heteroatoms. The van der Waals surface area contributed by atoms with Gasteiger partial charge in [-0.05, 0) is 30.7 Å². The molecule has 2 N–H and O–H groups in total. The zero-order valence-corrected chi connectivity index (χ0v) is 14.9. The van der Waals surface area contributed by atoms with E-state index in [4.69, 9.17) is 0 Å². The van der Waals surface area contributed by atoms with E-state index in [9.17, 15) is 9.59 Å². The van der Waals surface area contributed by atoms with Gasteiger partial charge in [0.05, 0.1) is 5.69 Å². The number of carbonyl (C=O) groups is 1. The maximum absolute atomic E-state index is 12.3. The smallest absolute Gasteiger partial charge is 0.274 e. The first kappa shape index (κ1) is 16.8. The molecule has 0 bridgehead atoms. The van der Waals surface area contributed by atoms with E-state index in [1.54, 1.807) is 48.6 Å². The van der Waals surface area contributed by atoms with E-state index in [0.717, 1.165) is 16.5 Å². The number of rotatable bonds is 4. The maximum Gasteiger partial charge on any atom is 0.274 e. The minimum absolute atomic E-state index is 0.0971. The molecule has 0 radical (unpaired) electrons. The summed E-state index contributed by atoms with van der Waals surface area (Å²) in [6.45, 7) is 2.06. The molecule has 8 nitrogen and oxygen atoms in total. The highest BCUT2D eigenvalue weighted by Crippen LogP contribution is 2.28. The number of fused-ring (bicyclic) bond motifs is 1. The van der Waals surface area contributed by atoms with Gasteiger partial charge < -0.3 is 14.9 Å². The summed E-state index contributed by atoms with van der Waals surface area (Å²) in [6, 6.07) is 7.28. The van der Waals surface area contributed by atoms with Gasteiger partial charge in [0, 0.05) is 42.8 Å². The minimum Gasteiger partial charge on any atom is -0.357 e. The first-order chi connectivity index (χ1) is 13.0. The molecule has 0 aliphatic heterocycles. The molecule has 4 heterocycles. The Morgan fingerprint density at radius 2 is 2.15 bits per heavy atom. The van der Waals surface area contributed by atoms with Crippen LogP contribution in [0.5, 0.6) is 0 Å². The minimum atomic E-state index is -0.215. The Morgan fingerprint density at radius 3 is 2.93 bits per heavy atom. The fraction of sp³-hybridized carbons (Fsp3) is 0.158. The van der Waals surface area contributed by atoms with E-state index in [0.29, 0.717) is 17.0 Å². The summed E-state index contributed by atoms with van der Waals surface area (Å²) in [7, 11) is 1.71. The topological polar surface area (TPSA) is 97.6 Å². The van der Waals surface area contributed by atoms with Crippen LogP contribution >= 0.6 is 0 Å². The molecule has 0 saturated heterocycles. The van der Waals surface area contributed by atoms with Crippen molar-refractivity contribution in [3.8, 4) is 11.3 Å². The summed E-state index contributed by atoms with van der Waals surface area (Å²) in [4.78, 5) is 32.1. The van der Waals surface area contributed by atoms with Gasteiger partial charge in [0.2, 0.25) is 5.91 Å². The van der Waals surface area contributed by atoms with E-state index in [2.05, 4.69) is 20.4 Å². The quantitative estimate of drug-likeness (QED) is 0.581. The van der Waals surface area contributed by atoms with Crippen LogP contribution in [0.2, 0.25) is 0 Å². The van der Waals surface area contributed by atoms with Crippen LogP contribution in [-0.2, 0) is 18.4 Å². The highest BCUT2D eigenvalue weighted by molar-refractivity contribution is 5.95. The number of pyridine rings is 2. The molecular formula is C19H18N6O2. The lowest BCUT2D eigenvalue weighted by Gasteiger charge is -2.11. The molecule has 27 heavy (non-hydrogen) atoms. The van der Waals surface area contributed by atoms with Crippen molar-refractivity contribution >= 4 is 22.6 Å². The van der Waals surface area contributed by atoms with Gasteiger partial charge in [0.15, 0.2) is 0 Å². The van der Waals surface area contributed by atoms with Crippen LogP contribution in [0.3, 0.4) is 0 Å². The second kappa shape index (κ2) is 6.56. The Kier molecular flexibility index (Phi) is 4.08. The summed E-state index contributed by atoms with van der Waals surface area (Å²) in [5, 5.41) is 7.62. The molecule has 0 unspecified atom stereocenters. The molecule has 4 rings (SSSR count). The van der Waals surface area contributed by atoms with Crippen molar-refractivity contribution in [2.24, 2.45) is 7.05 Å². The molecule has 1 amide bonds. The van der Waals surface area contributed by atoms with Gasteiger partial charge in [-0.2, -0.15) is 5.10 Å². The standard InChI is InChI=1S/C19H18N6O2/c1-12-4-5-15(22-16(26)11-25-9-3-7-21-25)23-17(12)14-10-24(2)19(27)18-13(14)6-8-20-18/h3-10,20H,11H2,1-2H3,(H,22,23,26). The monoisotopic (exact) mass is 362 g/mol. The second-order valence-electron chi connectivity index (χ2n) is 6.34. The van der Waals surface area contributed by atoms with Gasteiger partial charge in [-0.15, -0.1) is 0 Å². The van der Waals surface area contributed by atoms with Crippen molar-refractivity contribution in [3.63, 3.8) is 0 Å². The Labute approximate surface area is 154 Å². The van der Waals surface area contributed by atoms with Crippen molar-refractivity contribution in [2.75, 3.05) is 5.32 Å². The third-order valence-corrected chi connectivity index (χ3v) is 4.38. The Bertz CT molecular complexity index is 1190. The molecule has 4 aromatic rings. The molecule has 0 fully saturated rings. The van der Waals surface area contributed by atoms with Crippen LogP contribution < -0.4 is 10.9 Å². The Morgan fingerprint density at radius 1 is 1.30 bits per heavy atom. The lowest BCUT2D eigenvalue weighted by atomic mass is 10.1. The van der Waals surface area contributed by atoms with Gasteiger partial charge in [-0.1, -0.05) is 6.07 Å². The molecule has 136 valence electrons. The number of hydrogen-bond donors (Lipinski definition) is 2. The van der Waals surface area contributed by atoms with Gasteiger partial charge >= 0.3 is 0 Å². The van der Waals surface area contributed by atoms with Gasteiger partial charge in [-0.3, -0.25) is 14.3 Å². The Hall–Kier alpha value is -3.68. The second-order valence-corrected chi connectivity index (χ2v) is 6.34. The van der Waals surface area contributed by atoms with E-state index in [-0.39, 0.29) is 18.0 Å². The number of aromatic nitrogens is 5. The first-order valence-corrected chi connectivity index (χ1v) is 8.45. The van der Waals surface area contributed by atoms with Crippen LogP contribution in [0.1, 0.15) is 5.56 Å². The largest absolute Gasteiger partial charge is 0.357 e. The summed E-state index contributed by atoms with van der Waals surface area (Å²) < 4.78 is 3.07. The number of nitrogens with one attached hydrogen (secondary N) is 2. The van der Waals surface area contributed by atoms with Crippen LogP contribution in [0, 0.1) is 6.92 Å². The van der Waals surface area contributed by atoms with Crippen LogP contribution in [0.25, 0.3) is 22.2 Å². The van der Waals surface area contributed by atoms with Crippen LogP contribution in [0.4, 0.5) is 5.82 Å². The number of H-pyrrole nitrogens is 1. The first-order valence-electron chi connectivity index (χ1n) is 8.45. The van der Waals surface area contributed by atoms with Gasteiger partial charge in [0.25, 0.3) is 5.56 Å². The number of aryl methyl sites for hydroxylation is 2. The Balaban J connectivity index is 1.71. The number of amides is 1. The van der Waals surface area contributed by atoms with Crippen molar-refractivity contribution < 1.29 is 4.79 Å². The van der Waals surface area contributed by atoms with E-state index in [1.807, 2.05) is 19.1 Å². The predicted octanol–water partition coefficient (Wildman–Crippen LogP) is 2.07. The fourth-order valence-corrected chi connectivity index (χ4v) is 3.05. The number of nitrogens with zero attached hydrogens (tertiary/aromatic N) is 4. The highest BCUT2D eigenvalue weighted by atomic mass is 16.2. The zero-order chi connectivity index (χ0) is 19.0. The third kappa shape index (κ3) is 3.12. The molecule has 4 aromatic heterocycles. The average molecular weight is 362 g/mol. The molecule has 0 spiro atoms. The SMILES string of the molecule is Cc1ccc(NC(=O)Cn2cccn2)nc1-c1cn(C)c(=O)c2[nH]ccc12. The van der Waals surface area contributed by atoms with Crippen molar-refractivity contribution in [1.29, 1.82) is 0 Å². The number of aromatic amines is 1. The lowest BCUT2D eigenvalue weighted by molar-refractivity contribution is -0.116. The highest BCUT2D eigenvalue weighted by Gasteiger charge is 2.14. The summed E-state index contributed by atoms with van der Waals surface area (Å²) in [5.74, 6) is 0.235. The van der Waals surface area contributed by atoms with Gasteiger partial charge in [0.1, 0.15) is 17.9 Å². The predicted molar refractivity (Wildman–Crippen MR) is 102 cm³/mol. The van der Waals surface area contributed by atoms with Crippen molar-refractivity contribution in [1.82, 2.24) is 24.3 Å². The zero-order valence-electron chi connectivity index (χ0n) is 14.9. The average Bonchev–Trinajstić information content (AvgIpc) is 3.32. The van der Waals surface area contributed by atoms with E-state index in [1.165, 1.54) is 4.57 Å². The maximum atomic E-state index is 12.3. The third-order valence-electron chi connectivity index (χ3n) is 4.38. The molecule has 0 aliphatic carbocycles. The van der Waals surface area contributed by atoms with E-state index < -0.39 is 0 Å². The van der Waals surface area contributed by atoms with Crippen molar-refractivity contribution in [3.05, 3.63) is 65.0 Å². The van der Waals surface area contributed by atoms with Gasteiger partial charge in [-0.25, -0.2) is 4.98 Å². The summed E-state index contributed by atoms with van der Waals surface area (Å²) >= 11 is 0. The number of carbonyl (C=O) groups excluding carboxylic acids is 1. The van der Waals surface area contributed by atoms with Crippen molar-refractivity contribution in [2.45, 2.75) is 13.5 Å². The molecule has 0 atom stereocenters. The molecule has 0 saturated carbocycles. The summed E-state index contributed by atoms with van der Waals surface area (Å²) in [5.41, 5.74) is 2.92. The fourth-order valence-electron chi connectivity index (χ4n) is 3.05. The normalized spacial score (nSPS) is 11.0. The number of hydrogen-bond acceptors (Lipinski definition) is 4. The van der Waals surface area contributed by atoms with Crippen LogP contribution in [0.15, 0.2) is 53.8 Å². The van der Waals surface area contributed by atoms with E-state index >= 15 is 0 Å². The molecule has 0 aromatic carbocycles. The lowest BCUT2D eigenvalue weighted by Crippen LogP contribution is -2.20. The molecular weight excluding hydrogens is 344 g/mol. The van der Waals surface area contributed by atoms with Crippen LogP contribution in [-0.4, -0.2) is 30.2 Å². The molecule has 0 aliphatic rings. The number of anilines is 1.